The summed E-state index contributed by atoms with van der Waals surface area (Å²) in [7, 11) is 0. The molecule has 1 heterocycles. The average molecular weight is 194 g/mol. The maximum atomic E-state index is 5.27. The molecule has 0 aliphatic heterocycles. The van der Waals surface area contributed by atoms with Crippen molar-refractivity contribution >= 4 is 0 Å². The highest BCUT2D eigenvalue weighted by atomic mass is 16.5. The largest absolute Gasteiger partial charge is 0.339 e. The van der Waals surface area contributed by atoms with Crippen molar-refractivity contribution < 1.29 is 4.52 Å². The highest BCUT2D eigenvalue weighted by Gasteiger charge is 2.25. The van der Waals surface area contributed by atoms with Crippen LogP contribution in [0.25, 0.3) is 0 Å². The molecule has 1 fully saturated rings. The van der Waals surface area contributed by atoms with Gasteiger partial charge in [-0.05, 0) is 19.3 Å². The van der Waals surface area contributed by atoms with Crippen molar-refractivity contribution in [1.82, 2.24) is 10.1 Å². The summed E-state index contributed by atoms with van der Waals surface area (Å²) in [6, 6.07) is 0. The Hall–Kier alpha value is -0.860. The van der Waals surface area contributed by atoms with Crippen molar-refractivity contribution in [2.75, 3.05) is 0 Å². The molecule has 0 amide bonds. The first-order valence-corrected chi connectivity index (χ1v) is 5.64. The molecule has 2 rings (SSSR count). The summed E-state index contributed by atoms with van der Waals surface area (Å²) < 4.78 is 5.27. The minimum absolute atomic E-state index is 0.418. The van der Waals surface area contributed by atoms with Crippen molar-refractivity contribution in [1.29, 1.82) is 0 Å². The van der Waals surface area contributed by atoms with Gasteiger partial charge in [-0.1, -0.05) is 31.8 Å². The van der Waals surface area contributed by atoms with Crippen molar-refractivity contribution in [2.24, 2.45) is 0 Å². The number of hydrogen-bond donors (Lipinski definition) is 0. The van der Waals surface area contributed by atoms with Gasteiger partial charge in [-0.15, -0.1) is 0 Å². The predicted molar refractivity (Wildman–Crippen MR) is 54.2 cm³/mol. The number of aromatic nitrogens is 2. The van der Waals surface area contributed by atoms with Gasteiger partial charge in [0.2, 0.25) is 5.89 Å². The van der Waals surface area contributed by atoms with Gasteiger partial charge in [0.25, 0.3) is 0 Å². The van der Waals surface area contributed by atoms with E-state index in [9.17, 15) is 0 Å². The highest BCUT2D eigenvalue weighted by Crippen LogP contribution is 2.35. The molecule has 14 heavy (non-hydrogen) atoms. The lowest BCUT2D eigenvalue weighted by molar-refractivity contribution is 0.333. The maximum Gasteiger partial charge on any atom is 0.229 e. The van der Waals surface area contributed by atoms with E-state index in [1.165, 1.54) is 25.7 Å². The standard InChI is InChI=1S/C11H18N2O/c1-3-5-8(2)11-12-10(13-14-11)9-6-4-7-9/h8-9H,3-7H2,1-2H3. The summed E-state index contributed by atoms with van der Waals surface area (Å²) in [4.78, 5) is 4.47. The van der Waals surface area contributed by atoms with Crippen LogP contribution in [0.2, 0.25) is 0 Å². The van der Waals surface area contributed by atoms with Crippen molar-refractivity contribution in [3.8, 4) is 0 Å². The van der Waals surface area contributed by atoms with Crippen LogP contribution >= 0.6 is 0 Å². The molecule has 0 bridgehead atoms. The molecule has 1 atom stereocenters. The van der Waals surface area contributed by atoms with E-state index in [1.807, 2.05) is 0 Å². The fourth-order valence-corrected chi connectivity index (χ4v) is 1.84. The van der Waals surface area contributed by atoms with Gasteiger partial charge < -0.3 is 4.52 Å². The lowest BCUT2D eigenvalue weighted by atomic mass is 9.85. The Labute approximate surface area is 84.9 Å². The normalized spacial score (nSPS) is 19.3. The molecule has 0 N–H and O–H groups in total. The quantitative estimate of drug-likeness (QED) is 0.738. The molecule has 3 heteroatoms. The molecule has 0 spiro atoms. The van der Waals surface area contributed by atoms with E-state index in [-0.39, 0.29) is 0 Å². The summed E-state index contributed by atoms with van der Waals surface area (Å²) in [5, 5.41) is 4.06. The van der Waals surface area contributed by atoms with Gasteiger partial charge >= 0.3 is 0 Å². The van der Waals surface area contributed by atoms with Crippen molar-refractivity contribution in [2.45, 2.75) is 57.8 Å². The Morgan fingerprint density at radius 2 is 2.29 bits per heavy atom. The minimum atomic E-state index is 0.418. The third kappa shape index (κ3) is 1.81. The maximum absolute atomic E-state index is 5.27. The lowest BCUT2D eigenvalue weighted by Crippen LogP contribution is -2.10. The molecule has 1 unspecified atom stereocenters. The molecule has 1 aromatic rings. The first kappa shape index (κ1) is 9.69. The van der Waals surface area contributed by atoms with Crippen LogP contribution in [0.15, 0.2) is 4.52 Å². The Morgan fingerprint density at radius 1 is 1.50 bits per heavy atom. The Balaban J connectivity index is 2.01. The first-order chi connectivity index (χ1) is 6.81. The van der Waals surface area contributed by atoms with Gasteiger partial charge in [-0.3, -0.25) is 0 Å². The predicted octanol–water partition coefficient (Wildman–Crippen LogP) is 3.24. The van der Waals surface area contributed by atoms with Crippen LogP contribution in [0, 0.1) is 0 Å². The SMILES string of the molecule is CCCC(C)c1nc(C2CCC2)no1. The highest BCUT2D eigenvalue weighted by molar-refractivity contribution is 5.01. The second-order valence-electron chi connectivity index (χ2n) is 4.31. The third-order valence-corrected chi connectivity index (χ3v) is 3.07. The van der Waals surface area contributed by atoms with Crippen LogP contribution in [-0.2, 0) is 0 Å². The van der Waals surface area contributed by atoms with Gasteiger partial charge in [0.05, 0.1) is 0 Å². The summed E-state index contributed by atoms with van der Waals surface area (Å²) in [6.07, 6.45) is 6.09. The van der Waals surface area contributed by atoms with Crippen LogP contribution in [0.1, 0.15) is 69.5 Å². The van der Waals surface area contributed by atoms with Crippen LogP contribution in [-0.4, -0.2) is 10.1 Å². The number of rotatable bonds is 4. The topological polar surface area (TPSA) is 38.9 Å². The number of nitrogens with zero attached hydrogens (tertiary/aromatic N) is 2. The molecular weight excluding hydrogens is 176 g/mol. The van der Waals surface area contributed by atoms with Crippen molar-refractivity contribution in [3.05, 3.63) is 11.7 Å². The molecule has 0 saturated heterocycles. The first-order valence-electron chi connectivity index (χ1n) is 5.64. The van der Waals surface area contributed by atoms with Crippen LogP contribution in [0.4, 0.5) is 0 Å². The third-order valence-electron chi connectivity index (χ3n) is 3.07. The fraction of sp³-hybridized carbons (Fsp3) is 0.818. The molecule has 1 aromatic heterocycles. The van der Waals surface area contributed by atoms with Gasteiger partial charge in [0, 0.05) is 11.8 Å². The smallest absolute Gasteiger partial charge is 0.229 e. The molecular formula is C11H18N2O. The fourth-order valence-electron chi connectivity index (χ4n) is 1.84. The molecule has 3 nitrogen and oxygen atoms in total. The van der Waals surface area contributed by atoms with E-state index in [0.29, 0.717) is 11.8 Å². The number of hydrogen-bond acceptors (Lipinski definition) is 3. The zero-order valence-electron chi connectivity index (χ0n) is 8.99. The molecule has 1 saturated carbocycles. The molecule has 78 valence electrons. The van der Waals surface area contributed by atoms with E-state index >= 15 is 0 Å². The Kier molecular flexibility index (Phi) is 2.85. The monoisotopic (exact) mass is 194 g/mol. The van der Waals surface area contributed by atoms with Crippen LogP contribution in [0.5, 0.6) is 0 Å². The summed E-state index contributed by atoms with van der Waals surface area (Å²) in [6.45, 7) is 4.33. The van der Waals surface area contributed by atoms with E-state index in [1.54, 1.807) is 0 Å². The second-order valence-corrected chi connectivity index (χ2v) is 4.31. The van der Waals surface area contributed by atoms with Crippen LogP contribution in [0.3, 0.4) is 0 Å². The molecule has 0 aromatic carbocycles. The van der Waals surface area contributed by atoms with E-state index in [0.717, 1.165) is 18.1 Å². The van der Waals surface area contributed by atoms with Crippen LogP contribution < -0.4 is 0 Å². The van der Waals surface area contributed by atoms with Crippen molar-refractivity contribution in [3.63, 3.8) is 0 Å². The Bertz CT molecular complexity index is 291. The van der Waals surface area contributed by atoms with Gasteiger partial charge in [-0.25, -0.2) is 0 Å². The van der Waals surface area contributed by atoms with E-state index in [4.69, 9.17) is 4.52 Å². The molecule has 0 radical (unpaired) electrons. The zero-order chi connectivity index (χ0) is 9.97. The van der Waals surface area contributed by atoms with E-state index < -0.39 is 0 Å². The minimum Gasteiger partial charge on any atom is -0.339 e. The zero-order valence-corrected chi connectivity index (χ0v) is 8.99. The molecule has 1 aliphatic carbocycles. The van der Waals surface area contributed by atoms with Gasteiger partial charge in [0.1, 0.15) is 0 Å². The Morgan fingerprint density at radius 3 is 2.86 bits per heavy atom. The lowest BCUT2D eigenvalue weighted by Gasteiger charge is -2.21. The summed E-state index contributed by atoms with van der Waals surface area (Å²) >= 11 is 0. The average Bonchev–Trinajstić information content (AvgIpc) is 2.50. The second kappa shape index (κ2) is 4.11. The van der Waals surface area contributed by atoms with Gasteiger partial charge in [-0.2, -0.15) is 4.98 Å². The summed E-state index contributed by atoms with van der Waals surface area (Å²) in [5.74, 6) is 2.77. The molecule has 1 aliphatic rings. The summed E-state index contributed by atoms with van der Waals surface area (Å²) in [5.41, 5.74) is 0. The van der Waals surface area contributed by atoms with Gasteiger partial charge in [0.15, 0.2) is 5.82 Å². The van der Waals surface area contributed by atoms with E-state index in [2.05, 4.69) is 24.0 Å².